The smallest absolute Gasteiger partial charge is 0.418 e. The van der Waals surface area contributed by atoms with Gasteiger partial charge in [-0.3, -0.25) is 0 Å². The van der Waals surface area contributed by atoms with Crippen LogP contribution in [0.5, 0.6) is 0 Å². The Kier molecular flexibility index (Phi) is 4.82. The highest BCUT2D eigenvalue weighted by atomic mass is 32.2. The average Bonchev–Trinajstić information content (AvgIpc) is 2.54. The molecule has 0 radical (unpaired) electrons. The van der Waals surface area contributed by atoms with Gasteiger partial charge in [0.15, 0.2) is 7.05 Å². The van der Waals surface area contributed by atoms with E-state index >= 15 is 0 Å². The summed E-state index contributed by atoms with van der Waals surface area (Å²) in [5, 5.41) is 1.37. The molecule has 0 fully saturated rings. The van der Waals surface area contributed by atoms with Crippen molar-refractivity contribution in [3.05, 3.63) is 24.3 Å². The summed E-state index contributed by atoms with van der Waals surface area (Å²) in [6, 6.07) is 8.51. The molecule has 8 heteroatoms. The van der Waals surface area contributed by atoms with Crippen LogP contribution in [0.15, 0.2) is 28.5 Å². The number of aromatic nitrogens is 1. The highest BCUT2D eigenvalue weighted by Gasteiger charge is 2.20. The van der Waals surface area contributed by atoms with Crippen molar-refractivity contribution in [2.75, 3.05) is 6.26 Å². The first-order valence-corrected chi connectivity index (χ1v) is 6.62. The van der Waals surface area contributed by atoms with Crippen molar-refractivity contribution in [1.82, 2.24) is 0 Å². The molecule has 0 aliphatic carbocycles. The second-order valence-electron chi connectivity index (χ2n) is 3.09. The molecule has 0 N–H and O–H groups in total. The topological polar surface area (TPSA) is 3.88 Å². The van der Waals surface area contributed by atoms with Crippen LogP contribution in [0.1, 0.15) is 0 Å². The molecule has 0 saturated carbocycles. The van der Waals surface area contributed by atoms with Crippen molar-refractivity contribution in [1.29, 1.82) is 0 Å². The van der Waals surface area contributed by atoms with Gasteiger partial charge in [-0.1, -0.05) is 12.1 Å². The highest BCUT2D eigenvalue weighted by molar-refractivity contribution is 8.00. The van der Waals surface area contributed by atoms with E-state index in [0.29, 0.717) is 0 Å². The number of aryl methyl sites for hydroxylation is 1. The van der Waals surface area contributed by atoms with E-state index in [1.807, 2.05) is 23.3 Å². The average molecular weight is 283 g/mol. The molecule has 1 aromatic heterocycles. The summed E-state index contributed by atoms with van der Waals surface area (Å²) in [5.74, 6) is 0. The van der Waals surface area contributed by atoms with Crippen molar-refractivity contribution >= 4 is 41.5 Å². The summed E-state index contributed by atoms with van der Waals surface area (Å²) in [4.78, 5) is 0. The molecule has 0 aliphatic heterocycles. The van der Waals surface area contributed by atoms with Crippen LogP contribution in [-0.2, 0) is 7.05 Å². The minimum absolute atomic E-state index is 1.33. The minimum atomic E-state index is -6.00. The fourth-order valence-corrected chi connectivity index (χ4v) is 3.09. The predicted octanol–water partition coefficient (Wildman–Crippen LogP) is 3.75. The molecule has 1 aromatic carbocycles. The van der Waals surface area contributed by atoms with Crippen LogP contribution in [-0.4, -0.2) is 13.5 Å². The third-order valence-corrected chi connectivity index (χ3v) is 4.04. The van der Waals surface area contributed by atoms with Crippen molar-refractivity contribution < 1.29 is 21.2 Å². The minimum Gasteiger partial charge on any atom is -0.418 e. The van der Waals surface area contributed by atoms with Crippen LogP contribution in [0.3, 0.4) is 0 Å². The zero-order valence-corrected chi connectivity index (χ0v) is 10.8. The summed E-state index contributed by atoms with van der Waals surface area (Å²) in [6.45, 7) is 0. The summed E-state index contributed by atoms with van der Waals surface area (Å²) < 4.78 is 42.6. The number of thioether (sulfide) groups is 1. The molecule has 94 valence electrons. The predicted molar refractivity (Wildman–Crippen MR) is 65.0 cm³/mol. The first-order valence-electron chi connectivity index (χ1n) is 4.62. The molecule has 0 bridgehead atoms. The summed E-state index contributed by atoms with van der Waals surface area (Å²) >= 11 is 3.62. The number of hydrogen-bond donors (Lipinski definition) is 0. The molecule has 0 atom stereocenters. The summed E-state index contributed by atoms with van der Waals surface area (Å²) in [6.07, 6.45) is 2.12. The molecule has 0 saturated heterocycles. The third kappa shape index (κ3) is 4.55. The molecule has 0 spiro atoms. The molecular formula is C9H10BF4NS2. The van der Waals surface area contributed by atoms with Gasteiger partial charge in [0.1, 0.15) is 15.7 Å². The Morgan fingerprint density at radius 3 is 2.24 bits per heavy atom. The van der Waals surface area contributed by atoms with Gasteiger partial charge in [0.05, 0.1) is 5.39 Å². The van der Waals surface area contributed by atoms with Crippen molar-refractivity contribution in [2.45, 2.75) is 4.21 Å². The van der Waals surface area contributed by atoms with E-state index in [2.05, 4.69) is 41.5 Å². The Bertz CT molecular complexity index is 491. The molecular weight excluding hydrogens is 273 g/mol. The lowest BCUT2D eigenvalue weighted by Crippen LogP contribution is -2.21. The zero-order valence-electron chi connectivity index (χ0n) is 9.16. The van der Waals surface area contributed by atoms with Crippen LogP contribution < -0.4 is 3.96 Å². The van der Waals surface area contributed by atoms with E-state index in [4.69, 9.17) is 0 Å². The maximum Gasteiger partial charge on any atom is 0.673 e. The Morgan fingerprint density at radius 2 is 1.71 bits per heavy atom. The van der Waals surface area contributed by atoms with Gasteiger partial charge in [-0.05, 0) is 12.3 Å². The fraction of sp³-hybridized carbons (Fsp3) is 0.222. The SMILES string of the molecule is CSc1s[n+](C)c2ccccc12.F[B-](F)(F)F. The molecule has 2 aromatic rings. The Hall–Kier alpha value is -0.755. The first-order chi connectivity index (χ1) is 7.83. The van der Waals surface area contributed by atoms with Crippen molar-refractivity contribution in [2.24, 2.45) is 7.05 Å². The summed E-state index contributed by atoms with van der Waals surface area (Å²) in [5.41, 5.74) is 1.33. The maximum atomic E-state index is 9.75. The second-order valence-corrected chi connectivity index (χ2v) is 5.31. The standard InChI is InChI=1S/C9H10NS2.BF4/c1-10-8-6-4-3-5-7(8)9(11-2)12-10;2-1(3,4)5/h3-6H,1-2H3;/q+1;-1. The fourth-order valence-electron chi connectivity index (χ4n) is 1.29. The monoisotopic (exact) mass is 283 g/mol. The molecule has 0 amide bonds. The maximum absolute atomic E-state index is 9.75. The van der Waals surface area contributed by atoms with Gasteiger partial charge in [0.25, 0.3) is 0 Å². The van der Waals surface area contributed by atoms with Gasteiger partial charge in [0, 0.05) is 6.07 Å². The second kappa shape index (κ2) is 5.73. The number of hydrogen-bond acceptors (Lipinski definition) is 2. The van der Waals surface area contributed by atoms with Gasteiger partial charge in [0.2, 0.25) is 5.52 Å². The van der Waals surface area contributed by atoms with E-state index < -0.39 is 7.25 Å². The van der Waals surface area contributed by atoms with Gasteiger partial charge in [-0.2, -0.15) is 0 Å². The molecule has 1 nitrogen and oxygen atoms in total. The Balaban J connectivity index is 0.000000249. The zero-order chi connectivity index (χ0) is 13.1. The Morgan fingerprint density at radius 1 is 1.18 bits per heavy atom. The lowest BCUT2D eigenvalue weighted by atomic mass is 10.3. The van der Waals surface area contributed by atoms with E-state index in [9.17, 15) is 17.3 Å². The number of nitrogens with zero attached hydrogens (tertiary/aromatic N) is 1. The van der Waals surface area contributed by atoms with Crippen LogP contribution in [0.4, 0.5) is 17.3 Å². The quantitative estimate of drug-likeness (QED) is 0.334. The molecule has 1 heterocycles. The number of para-hydroxylation sites is 1. The van der Waals surface area contributed by atoms with Gasteiger partial charge in [-0.15, -0.1) is 15.7 Å². The molecule has 0 unspecified atom stereocenters. The van der Waals surface area contributed by atoms with Crippen LogP contribution in [0, 0.1) is 0 Å². The van der Waals surface area contributed by atoms with Crippen LogP contribution >= 0.6 is 23.3 Å². The van der Waals surface area contributed by atoms with Crippen molar-refractivity contribution in [3.63, 3.8) is 0 Å². The normalized spacial score (nSPS) is 11.2. The van der Waals surface area contributed by atoms with Gasteiger partial charge >= 0.3 is 7.25 Å². The molecule has 2 rings (SSSR count). The number of benzene rings is 1. The van der Waals surface area contributed by atoms with Crippen LogP contribution in [0.25, 0.3) is 10.9 Å². The lowest BCUT2D eigenvalue weighted by Gasteiger charge is -1.94. The van der Waals surface area contributed by atoms with E-state index in [1.165, 1.54) is 15.1 Å². The number of halogens is 4. The largest absolute Gasteiger partial charge is 0.673 e. The van der Waals surface area contributed by atoms with E-state index in [1.54, 1.807) is 0 Å². The van der Waals surface area contributed by atoms with Gasteiger partial charge in [-0.25, -0.2) is 0 Å². The Labute approximate surface area is 105 Å². The lowest BCUT2D eigenvalue weighted by molar-refractivity contribution is -0.573. The number of fused-ring (bicyclic) bond motifs is 1. The third-order valence-electron chi connectivity index (χ3n) is 1.87. The summed E-state index contributed by atoms with van der Waals surface area (Å²) in [7, 11) is -3.90. The van der Waals surface area contributed by atoms with Crippen LogP contribution in [0.2, 0.25) is 0 Å². The highest BCUT2D eigenvalue weighted by Crippen LogP contribution is 2.27. The first kappa shape index (κ1) is 14.3. The molecule has 0 aliphatic rings. The molecule has 17 heavy (non-hydrogen) atoms. The van der Waals surface area contributed by atoms with Gasteiger partial charge < -0.3 is 17.3 Å². The van der Waals surface area contributed by atoms with Crippen molar-refractivity contribution in [3.8, 4) is 0 Å². The van der Waals surface area contributed by atoms with E-state index in [0.717, 1.165) is 0 Å². The van der Waals surface area contributed by atoms with E-state index in [-0.39, 0.29) is 0 Å². The number of rotatable bonds is 1.